The number of thiophene rings is 1. The number of hydrogen-bond donors (Lipinski definition) is 1. The molecule has 1 aliphatic rings. The molecule has 0 unspecified atom stereocenters. The fourth-order valence-corrected chi connectivity index (χ4v) is 4.77. The summed E-state index contributed by atoms with van der Waals surface area (Å²) in [6, 6.07) is 11.2. The van der Waals surface area contributed by atoms with Gasteiger partial charge in [-0.05, 0) is 37.8 Å². The SMILES string of the molecule is Cc1nn(Cc2ccccc2)c2sc(C(=O)N3CCCC[C@@H]3C(=O)O)cc12. The lowest BCUT2D eigenvalue weighted by Gasteiger charge is -2.32. The highest BCUT2D eigenvalue weighted by molar-refractivity contribution is 7.20. The van der Waals surface area contributed by atoms with Crippen LogP contribution in [0.4, 0.5) is 0 Å². The standard InChI is InChI=1S/C20H21N3O3S/c1-13-15-11-17(18(24)22-10-6-5-9-16(22)20(25)26)27-19(15)23(21-13)12-14-7-3-2-4-8-14/h2-4,7-8,11,16H,5-6,9-10,12H2,1H3,(H,25,26)/t16-/m1/s1. The Morgan fingerprint density at radius 1 is 1.26 bits per heavy atom. The smallest absolute Gasteiger partial charge is 0.326 e. The molecule has 1 amide bonds. The highest BCUT2D eigenvalue weighted by atomic mass is 32.1. The minimum Gasteiger partial charge on any atom is -0.480 e. The van der Waals surface area contributed by atoms with E-state index in [2.05, 4.69) is 5.10 Å². The van der Waals surface area contributed by atoms with Gasteiger partial charge in [0.15, 0.2) is 0 Å². The summed E-state index contributed by atoms with van der Waals surface area (Å²) in [7, 11) is 0. The first-order valence-electron chi connectivity index (χ1n) is 9.09. The topological polar surface area (TPSA) is 75.4 Å². The molecular formula is C20H21N3O3S. The summed E-state index contributed by atoms with van der Waals surface area (Å²) < 4.78 is 1.92. The van der Waals surface area contributed by atoms with Gasteiger partial charge in [-0.1, -0.05) is 30.3 Å². The summed E-state index contributed by atoms with van der Waals surface area (Å²) in [5.74, 6) is -1.11. The number of nitrogens with zero attached hydrogens (tertiary/aromatic N) is 3. The van der Waals surface area contributed by atoms with Gasteiger partial charge in [0.05, 0.1) is 17.1 Å². The van der Waals surface area contributed by atoms with Crippen LogP contribution in [0, 0.1) is 6.92 Å². The minimum atomic E-state index is -0.921. The molecule has 1 aromatic carbocycles. The van der Waals surface area contributed by atoms with E-state index in [-0.39, 0.29) is 5.91 Å². The first kappa shape index (κ1) is 17.7. The maximum absolute atomic E-state index is 13.0. The first-order valence-corrected chi connectivity index (χ1v) is 9.91. The number of amides is 1. The van der Waals surface area contributed by atoms with E-state index in [1.54, 1.807) is 0 Å². The van der Waals surface area contributed by atoms with Crippen molar-refractivity contribution in [2.24, 2.45) is 0 Å². The second-order valence-electron chi connectivity index (χ2n) is 6.91. The van der Waals surface area contributed by atoms with Gasteiger partial charge in [0.2, 0.25) is 0 Å². The fourth-order valence-electron chi connectivity index (χ4n) is 3.65. The third-order valence-electron chi connectivity index (χ3n) is 5.04. The maximum atomic E-state index is 13.0. The van der Waals surface area contributed by atoms with Gasteiger partial charge in [0.25, 0.3) is 5.91 Å². The second kappa shape index (κ2) is 7.15. The van der Waals surface area contributed by atoms with Gasteiger partial charge in [0.1, 0.15) is 10.9 Å². The van der Waals surface area contributed by atoms with Crippen LogP contribution in [0.5, 0.6) is 0 Å². The number of rotatable bonds is 4. The largest absolute Gasteiger partial charge is 0.480 e. The van der Waals surface area contributed by atoms with Crippen LogP contribution in [0.15, 0.2) is 36.4 Å². The van der Waals surface area contributed by atoms with E-state index in [0.29, 0.717) is 24.4 Å². The van der Waals surface area contributed by atoms with Crippen molar-refractivity contribution in [3.05, 3.63) is 52.5 Å². The number of aromatic nitrogens is 2. The number of carbonyl (C=O) groups excluding carboxylic acids is 1. The molecule has 140 valence electrons. The van der Waals surface area contributed by atoms with E-state index in [1.165, 1.54) is 16.2 Å². The van der Waals surface area contributed by atoms with E-state index < -0.39 is 12.0 Å². The first-order chi connectivity index (χ1) is 13.0. The van der Waals surface area contributed by atoms with E-state index >= 15 is 0 Å². The van der Waals surface area contributed by atoms with Crippen molar-refractivity contribution in [2.75, 3.05) is 6.54 Å². The van der Waals surface area contributed by atoms with Gasteiger partial charge in [-0.3, -0.25) is 9.48 Å². The predicted octanol–water partition coefficient (Wildman–Crippen LogP) is 3.53. The van der Waals surface area contributed by atoms with Crippen molar-refractivity contribution in [3.63, 3.8) is 0 Å². The molecule has 2 aromatic heterocycles. The number of aryl methyl sites for hydroxylation is 1. The summed E-state index contributed by atoms with van der Waals surface area (Å²) in [6.07, 6.45) is 2.21. The summed E-state index contributed by atoms with van der Waals surface area (Å²) in [5.41, 5.74) is 2.02. The average molecular weight is 383 g/mol. The fraction of sp³-hybridized carbons (Fsp3) is 0.350. The Morgan fingerprint density at radius 2 is 2.04 bits per heavy atom. The zero-order valence-electron chi connectivity index (χ0n) is 15.1. The summed E-state index contributed by atoms with van der Waals surface area (Å²) in [4.78, 5) is 27.6. The summed E-state index contributed by atoms with van der Waals surface area (Å²) in [5, 5.41) is 15.0. The molecule has 0 saturated carbocycles. The van der Waals surface area contributed by atoms with Crippen molar-refractivity contribution >= 4 is 33.4 Å². The Kier molecular flexibility index (Phi) is 4.70. The zero-order chi connectivity index (χ0) is 19.0. The predicted molar refractivity (Wildman–Crippen MR) is 104 cm³/mol. The Hall–Kier alpha value is -2.67. The number of carboxylic acids is 1. The lowest BCUT2D eigenvalue weighted by Crippen LogP contribution is -2.47. The normalized spacial score (nSPS) is 17.4. The van der Waals surface area contributed by atoms with Crippen molar-refractivity contribution < 1.29 is 14.7 Å². The molecule has 1 saturated heterocycles. The number of piperidine rings is 1. The quantitative estimate of drug-likeness (QED) is 0.748. The molecule has 0 aliphatic carbocycles. The molecule has 1 N–H and O–H groups in total. The number of aliphatic carboxylic acids is 1. The highest BCUT2D eigenvalue weighted by Gasteiger charge is 2.33. The molecule has 0 bridgehead atoms. The molecule has 4 rings (SSSR count). The molecule has 3 heterocycles. The van der Waals surface area contributed by atoms with Crippen molar-refractivity contribution in [3.8, 4) is 0 Å². The van der Waals surface area contributed by atoms with Crippen LogP contribution < -0.4 is 0 Å². The second-order valence-corrected chi connectivity index (χ2v) is 7.94. The van der Waals surface area contributed by atoms with Crippen LogP contribution in [-0.2, 0) is 11.3 Å². The van der Waals surface area contributed by atoms with Crippen LogP contribution in [0.25, 0.3) is 10.2 Å². The number of hydrogen-bond acceptors (Lipinski definition) is 4. The number of benzene rings is 1. The summed E-state index contributed by atoms with van der Waals surface area (Å²) in [6.45, 7) is 3.08. The van der Waals surface area contributed by atoms with E-state index in [9.17, 15) is 14.7 Å². The third kappa shape index (κ3) is 3.35. The van der Waals surface area contributed by atoms with Crippen molar-refractivity contribution in [2.45, 2.75) is 38.8 Å². The lowest BCUT2D eigenvalue weighted by atomic mass is 10.0. The molecule has 1 atom stereocenters. The van der Waals surface area contributed by atoms with Crippen LogP contribution in [0.1, 0.15) is 40.2 Å². The van der Waals surface area contributed by atoms with E-state index in [0.717, 1.165) is 34.3 Å². The minimum absolute atomic E-state index is 0.186. The van der Waals surface area contributed by atoms with Crippen LogP contribution in [0.2, 0.25) is 0 Å². The van der Waals surface area contributed by atoms with Crippen LogP contribution in [0.3, 0.4) is 0 Å². The molecular weight excluding hydrogens is 362 g/mol. The number of carboxylic acid groups (broad SMARTS) is 1. The number of fused-ring (bicyclic) bond motifs is 1. The third-order valence-corrected chi connectivity index (χ3v) is 6.18. The maximum Gasteiger partial charge on any atom is 0.326 e. The van der Waals surface area contributed by atoms with Gasteiger partial charge in [-0.25, -0.2) is 4.79 Å². The van der Waals surface area contributed by atoms with Gasteiger partial charge < -0.3 is 10.0 Å². The highest BCUT2D eigenvalue weighted by Crippen LogP contribution is 2.31. The number of carbonyl (C=O) groups is 2. The van der Waals surface area contributed by atoms with Gasteiger partial charge in [-0.15, -0.1) is 11.3 Å². The number of likely N-dealkylation sites (tertiary alicyclic amines) is 1. The summed E-state index contributed by atoms with van der Waals surface area (Å²) >= 11 is 1.40. The molecule has 6 nitrogen and oxygen atoms in total. The molecule has 1 fully saturated rings. The Morgan fingerprint density at radius 3 is 2.78 bits per heavy atom. The van der Waals surface area contributed by atoms with E-state index in [4.69, 9.17) is 0 Å². The Bertz CT molecular complexity index is 993. The molecule has 3 aromatic rings. The Balaban J connectivity index is 1.66. The Labute approximate surface area is 161 Å². The van der Waals surface area contributed by atoms with Gasteiger partial charge in [-0.2, -0.15) is 5.10 Å². The molecule has 27 heavy (non-hydrogen) atoms. The van der Waals surface area contributed by atoms with Gasteiger partial charge >= 0.3 is 5.97 Å². The lowest BCUT2D eigenvalue weighted by molar-refractivity contribution is -0.143. The van der Waals surface area contributed by atoms with Gasteiger partial charge in [0, 0.05) is 11.9 Å². The average Bonchev–Trinajstić information content (AvgIpc) is 3.23. The van der Waals surface area contributed by atoms with Crippen LogP contribution >= 0.6 is 11.3 Å². The monoisotopic (exact) mass is 383 g/mol. The molecule has 0 radical (unpaired) electrons. The van der Waals surface area contributed by atoms with Crippen molar-refractivity contribution in [1.82, 2.24) is 14.7 Å². The molecule has 7 heteroatoms. The van der Waals surface area contributed by atoms with Crippen molar-refractivity contribution in [1.29, 1.82) is 0 Å². The molecule has 1 aliphatic heterocycles. The van der Waals surface area contributed by atoms with E-state index in [1.807, 2.05) is 48.0 Å². The zero-order valence-corrected chi connectivity index (χ0v) is 15.9. The molecule has 0 spiro atoms. The van der Waals surface area contributed by atoms with Crippen LogP contribution in [-0.4, -0.2) is 44.3 Å².